The van der Waals surface area contributed by atoms with Gasteiger partial charge in [-0.2, -0.15) is 0 Å². The van der Waals surface area contributed by atoms with Gasteiger partial charge in [0, 0.05) is 42.7 Å². The van der Waals surface area contributed by atoms with E-state index in [9.17, 15) is 10.1 Å². The van der Waals surface area contributed by atoms with Gasteiger partial charge in [-0.3, -0.25) is 15.0 Å². The van der Waals surface area contributed by atoms with Crippen molar-refractivity contribution in [3.63, 3.8) is 0 Å². The number of guanidine groups is 1. The van der Waals surface area contributed by atoms with Crippen molar-refractivity contribution >= 4 is 47.0 Å². The molecular weight excluding hydrogens is 541 g/mol. The van der Waals surface area contributed by atoms with Crippen molar-refractivity contribution < 1.29 is 9.66 Å². The second-order valence-electron chi connectivity index (χ2n) is 7.60. The van der Waals surface area contributed by atoms with E-state index in [0.717, 1.165) is 50.8 Å². The molecule has 2 atom stereocenters. The standard InChI is InChI=1S/C22H31N5O3S.HI/c1-3-17(2)25-22(23-15-18-6-8-19(9-7-18)27(28)29)24-16-20(21-5-4-14-31-21)26-10-12-30-13-11-26;/h4-9,14,17,20H,3,10-13,15-16H2,1-2H3,(H2,23,24,25);1H. The Bertz CT molecular complexity index is 842. The van der Waals surface area contributed by atoms with Gasteiger partial charge in [-0.1, -0.05) is 25.1 Å². The van der Waals surface area contributed by atoms with E-state index in [-0.39, 0.29) is 46.7 Å². The van der Waals surface area contributed by atoms with Crippen LogP contribution in [-0.4, -0.2) is 54.7 Å². The summed E-state index contributed by atoms with van der Waals surface area (Å²) in [7, 11) is 0. The van der Waals surface area contributed by atoms with E-state index in [1.807, 2.05) is 0 Å². The maximum Gasteiger partial charge on any atom is 0.269 e. The minimum Gasteiger partial charge on any atom is -0.379 e. The number of thiophene rings is 1. The normalized spacial score (nSPS) is 16.6. The summed E-state index contributed by atoms with van der Waals surface area (Å²) in [6.45, 7) is 8.79. The maximum absolute atomic E-state index is 10.9. The third kappa shape index (κ3) is 7.98. The topological polar surface area (TPSA) is 92.0 Å². The predicted octanol–water partition coefficient (Wildman–Crippen LogP) is 4.18. The SMILES string of the molecule is CCC(C)NC(=NCc1ccc([N+](=O)[O-])cc1)NCC(c1cccs1)N1CCOCC1.I. The lowest BCUT2D eigenvalue weighted by Gasteiger charge is -2.34. The van der Waals surface area contributed by atoms with E-state index < -0.39 is 0 Å². The van der Waals surface area contributed by atoms with Gasteiger partial charge in [0.1, 0.15) is 0 Å². The van der Waals surface area contributed by atoms with Gasteiger partial charge in [0.15, 0.2) is 5.96 Å². The molecule has 2 aromatic rings. The molecule has 3 rings (SSSR count). The average Bonchev–Trinajstić information content (AvgIpc) is 3.33. The fraction of sp³-hybridized carbons (Fsp3) is 0.500. The van der Waals surface area contributed by atoms with Gasteiger partial charge in [0.05, 0.1) is 30.7 Å². The summed E-state index contributed by atoms with van der Waals surface area (Å²) in [6, 6.07) is 11.4. The summed E-state index contributed by atoms with van der Waals surface area (Å²) in [6.07, 6.45) is 0.982. The molecule has 32 heavy (non-hydrogen) atoms. The van der Waals surface area contributed by atoms with Gasteiger partial charge in [-0.25, -0.2) is 4.99 Å². The van der Waals surface area contributed by atoms with Gasteiger partial charge < -0.3 is 15.4 Å². The monoisotopic (exact) mass is 573 g/mol. The lowest BCUT2D eigenvalue weighted by atomic mass is 10.2. The highest BCUT2D eigenvalue weighted by molar-refractivity contribution is 14.0. The first-order chi connectivity index (χ1) is 15.1. The lowest BCUT2D eigenvalue weighted by molar-refractivity contribution is -0.384. The quantitative estimate of drug-likeness (QED) is 0.154. The van der Waals surface area contributed by atoms with Crippen molar-refractivity contribution in [2.75, 3.05) is 32.8 Å². The van der Waals surface area contributed by atoms with Crippen molar-refractivity contribution in [1.29, 1.82) is 0 Å². The van der Waals surface area contributed by atoms with E-state index in [0.29, 0.717) is 6.54 Å². The largest absolute Gasteiger partial charge is 0.379 e. The summed E-state index contributed by atoms with van der Waals surface area (Å²) < 4.78 is 5.53. The Kier molecular flexibility index (Phi) is 11.4. The minimum absolute atomic E-state index is 0. The Morgan fingerprint density at radius 2 is 2.00 bits per heavy atom. The smallest absolute Gasteiger partial charge is 0.269 e. The molecule has 176 valence electrons. The second-order valence-corrected chi connectivity index (χ2v) is 8.58. The molecule has 2 N–H and O–H groups in total. The van der Waals surface area contributed by atoms with Crippen molar-refractivity contribution in [3.8, 4) is 0 Å². The number of non-ortho nitro benzene ring substituents is 1. The third-order valence-electron chi connectivity index (χ3n) is 5.38. The number of hydrogen-bond acceptors (Lipinski definition) is 6. The molecule has 1 aromatic heterocycles. The molecule has 0 amide bonds. The summed E-state index contributed by atoms with van der Waals surface area (Å²) in [5, 5.41) is 20.0. The zero-order chi connectivity index (χ0) is 22.1. The van der Waals surface area contributed by atoms with Crippen LogP contribution in [0.25, 0.3) is 0 Å². The van der Waals surface area contributed by atoms with Crippen molar-refractivity contribution in [2.45, 2.75) is 38.9 Å². The molecular formula is C22H32IN5O3S. The lowest BCUT2D eigenvalue weighted by Crippen LogP contribution is -2.47. The van der Waals surface area contributed by atoms with Crippen molar-refractivity contribution in [1.82, 2.24) is 15.5 Å². The molecule has 1 fully saturated rings. The molecule has 0 spiro atoms. The number of nitrogens with one attached hydrogen (secondary N) is 2. The second kappa shape index (κ2) is 13.7. The van der Waals surface area contributed by atoms with Crippen LogP contribution in [-0.2, 0) is 11.3 Å². The number of morpholine rings is 1. The van der Waals surface area contributed by atoms with Crippen LogP contribution in [0, 0.1) is 10.1 Å². The number of nitro benzene ring substituents is 1. The van der Waals surface area contributed by atoms with E-state index in [2.05, 4.69) is 46.9 Å². The summed E-state index contributed by atoms with van der Waals surface area (Å²) in [4.78, 5) is 19.0. The Morgan fingerprint density at radius 1 is 1.28 bits per heavy atom. The number of aliphatic imine (C=N–C) groups is 1. The van der Waals surface area contributed by atoms with E-state index in [1.54, 1.807) is 23.5 Å². The van der Waals surface area contributed by atoms with Crippen LogP contribution in [0.3, 0.4) is 0 Å². The van der Waals surface area contributed by atoms with Gasteiger partial charge in [-0.15, -0.1) is 35.3 Å². The molecule has 1 aliphatic heterocycles. The molecule has 8 nitrogen and oxygen atoms in total. The summed E-state index contributed by atoms with van der Waals surface area (Å²) in [5.74, 6) is 0.752. The highest BCUT2D eigenvalue weighted by Gasteiger charge is 2.23. The van der Waals surface area contributed by atoms with Crippen LogP contribution in [0.1, 0.15) is 36.8 Å². The number of benzene rings is 1. The molecule has 1 aliphatic rings. The summed E-state index contributed by atoms with van der Waals surface area (Å²) >= 11 is 1.77. The van der Waals surface area contributed by atoms with E-state index >= 15 is 0 Å². The molecule has 2 heterocycles. The van der Waals surface area contributed by atoms with Crippen LogP contribution in [0.4, 0.5) is 5.69 Å². The summed E-state index contributed by atoms with van der Waals surface area (Å²) in [5.41, 5.74) is 1.02. The molecule has 0 radical (unpaired) electrons. The first kappa shape index (κ1) is 26.5. The molecule has 0 saturated carbocycles. The van der Waals surface area contributed by atoms with Crippen LogP contribution < -0.4 is 10.6 Å². The third-order valence-corrected chi connectivity index (χ3v) is 6.36. The van der Waals surface area contributed by atoms with Gasteiger partial charge in [0.2, 0.25) is 0 Å². The van der Waals surface area contributed by atoms with Crippen LogP contribution in [0.2, 0.25) is 0 Å². The number of ether oxygens (including phenoxy) is 1. The zero-order valence-electron chi connectivity index (χ0n) is 18.5. The van der Waals surface area contributed by atoms with Gasteiger partial charge in [-0.05, 0) is 30.4 Å². The molecule has 0 bridgehead atoms. The molecule has 0 aliphatic carbocycles. The fourth-order valence-electron chi connectivity index (χ4n) is 3.35. The van der Waals surface area contributed by atoms with Crippen LogP contribution in [0.15, 0.2) is 46.8 Å². The Hall–Kier alpha value is -1.76. The molecule has 10 heteroatoms. The molecule has 1 aromatic carbocycles. The number of rotatable bonds is 9. The Balaban J connectivity index is 0.00000363. The number of hydrogen-bond donors (Lipinski definition) is 2. The number of nitrogens with zero attached hydrogens (tertiary/aromatic N) is 3. The Labute approximate surface area is 210 Å². The predicted molar refractivity (Wildman–Crippen MR) is 140 cm³/mol. The number of halogens is 1. The van der Waals surface area contributed by atoms with Gasteiger partial charge in [0.25, 0.3) is 5.69 Å². The highest BCUT2D eigenvalue weighted by Crippen LogP contribution is 2.25. The van der Waals surface area contributed by atoms with Gasteiger partial charge >= 0.3 is 0 Å². The number of nitro groups is 1. The fourth-order valence-corrected chi connectivity index (χ4v) is 4.22. The van der Waals surface area contributed by atoms with E-state index in [1.165, 1.54) is 17.0 Å². The Morgan fingerprint density at radius 3 is 2.59 bits per heavy atom. The molecule has 2 unspecified atom stereocenters. The molecule has 1 saturated heterocycles. The zero-order valence-corrected chi connectivity index (χ0v) is 21.7. The first-order valence-electron chi connectivity index (χ1n) is 10.7. The first-order valence-corrected chi connectivity index (χ1v) is 11.6. The van der Waals surface area contributed by atoms with Crippen molar-refractivity contribution in [2.24, 2.45) is 4.99 Å². The maximum atomic E-state index is 10.9. The average molecular weight is 574 g/mol. The van der Waals surface area contributed by atoms with Crippen molar-refractivity contribution in [3.05, 3.63) is 62.3 Å². The van der Waals surface area contributed by atoms with Crippen LogP contribution in [0.5, 0.6) is 0 Å². The van der Waals surface area contributed by atoms with E-state index in [4.69, 9.17) is 9.73 Å². The van der Waals surface area contributed by atoms with Crippen LogP contribution >= 0.6 is 35.3 Å². The minimum atomic E-state index is -0.388. The highest BCUT2D eigenvalue weighted by atomic mass is 127.